The number of hydrogen-bond acceptors (Lipinski definition) is 4. The third-order valence-electron chi connectivity index (χ3n) is 3.74. The molecule has 3 aromatic rings. The Morgan fingerprint density at radius 1 is 1.36 bits per heavy atom. The van der Waals surface area contributed by atoms with Crippen LogP contribution in [0.4, 0.5) is 5.69 Å². The van der Waals surface area contributed by atoms with Crippen LogP contribution in [0.5, 0.6) is 0 Å². The fraction of sp³-hybridized carbons (Fsp3) is 0.111. The Labute approximate surface area is 148 Å². The third-order valence-corrected chi connectivity index (χ3v) is 4.06. The van der Waals surface area contributed by atoms with Crippen LogP contribution < -0.4 is 10.9 Å². The van der Waals surface area contributed by atoms with Crippen LogP contribution >= 0.6 is 11.6 Å². The number of rotatable bonds is 3. The molecule has 0 fully saturated rings. The first-order chi connectivity index (χ1) is 12.0. The first-order valence-electron chi connectivity index (χ1n) is 7.44. The summed E-state index contributed by atoms with van der Waals surface area (Å²) >= 11 is 5.94. The maximum atomic E-state index is 12.5. The van der Waals surface area contributed by atoms with Gasteiger partial charge in [-0.05, 0) is 36.8 Å². The van der Waals surface area contributed by atoms with Gasteiger partial charge >= 0.3 is 0 Å². The highest BCUT2D eigenvalue weighted by molar-refractivity contribution is 6.32. The number of amides is 1. The Morgan fingerprint density at radius 2 is 2.16 bits per heavy atom. The highest BCUT2D eigenvalue weighted by Crippen LogP contribution is 2.20. The van der Waals surface area contributed by atoms with E-state index in [1.54, 1.807) is 18.2 Å². The molecular formula is C18H13ClN4O2. The van der Waals surface area contributed by atoms with Gasteiger partial charge in [-0.15, -0.1) is 0 Å². The van der Waals surface area contributed by atoms with E-state index in [1.807, 2.05) is 19.1 Å². The molecule has 6 nitrogen and oxygen atoms in total. The number of aryl methyl sites for hydroxylation is 1. The molecule has 0 bridgehead atoms. The number of para-hydroxylation sites is 1. The number of nitrogens with one attached hydrogen (secondary N) is 1. The van der Waals surface area contributed by atoms with Crippen molar-refractivity contribution in [1.29, 1.82) is 5.26 Å². The largest absolute Gasteiger partial charge is 0.324 e. The zero-order valence-electron chi connectivity index (χ0n) is 13.3. The summed E-state index contributed by atoms with van der Waals surface area (Å²) in [5, 5.41) is 12.2. The summed E-state index contributed by atoms with van der Waals surface area (Å²) in [6.45, 7) is 1.70. The Morgan fingerprint density at radius 3 is 2.88 bits per heavy atom. The SMILES string of the molecule is Cc1cccc2c(=O)n(CC(=O)Nc3ccc(C#N)c(Cl)c3)cnc12. The first-order valence-corrected chi connectivity index (χ1v) is 7.81. The van der Waals surface area contributed by atoms with Crippen molar-refractivity contribution in [3.8, 4) is 6.07 Å². The van der Waals surface area contributed by atoms with Gasteiger partial charge in [-0.2, -0.15) is 5.26 Å². The number of nitriles is 1. The molecule has 25 heavy (non-hydrogen) atoms. The maximum absolute atomic E-state index is 12.5. The minimum Gasteiger partial charge on any atom is -0.324 e. The molecule has 0 saturated heterocycles. The molecule has 0 atom stereocenters. The van der Waals surface area contributed by atoms with Crippen molar-refractivity contribution in [2.45, 2.75) is 13.5 Å². The predicted octanol–water partition coefficient (Wildman–Crippen LogP) is 2.87. The quantitative estimate of drug-likeness (QED) is 0.785. The normalized spacial score (nSPS) is 10.4. The minimum atomic E-state index is -0.392. The molecule has 1 amide bonds. The van der Waals surface area contributed by atoms with Gasteiger partial charge in [0.15, 0.2) is 0 Å². The monoisotopic (exact) mass is 352 g/mol. The Bertz CT molecular complexity index is 1080. The van der Waals surface area contributed by atoms with Crippen LogP contribution in [0.15, 0.2) is 47.5 Å². The molecule has 0 spiro atoms. The van der Waals surface area contributed by atoms with E-state index in [2.05, 4.69) is 10.3 Å². The maximum Gasteiger partial charge on any atom is 0.261 e. The second-order valence-electron chi connectivity index (χ2n) is 5.50. The van der Waals surface area contributed by atoms with E-state index in [1.165, 1.54) is 23.0 Å². The van der Waals surface area contributed by atoms with Gasteiger partial charge < -0.3 is 5.32 Å². The molecule has 0 aliphatic carbocycles. The van der Waals surface area contributed by atoms with Gasteiger partial charge in [0.2, 0.25) is 5.91 Å². The second kappa shape index (κ2) is 6.75. The summed E-state index contributed by atoms with van der Waals surface area (Å²) in [7, 11) is 0. The summed E-state index contributed by atoms with van der Waals surface area (Å²) in [4.78, 5) is 29.0. The van der Waals surface area contributed by atoms with Crippen molar-refractivity contribution in [1.82, 2.24) is 9.55 Å². The van der Waals surface area contributed by atoms with Crippen molar-refractivity contribution < 1.29 is 4.79 Å². The highest BCUT2D eigenvalue weighted by Gasteiger charge is 2.10. The molecule has 1 N–H and O–H groups in total. The van der Waals surface area contributed by atoms with Crippen LogP contribution in [0.2, 0.25) is 5.02 Å². The summed E-state index contributed by atoms with van der Waals surface area (Å²) in [5.74, 6) is -0.392. The molecule has 124 valence electrons. The summed E-state index contributed by atoms with van der Waals surface area (Å²) in [6.07, 6.45) is 1.36. The molecule has 0 radical (unpaired) electrons. The first kappa shape index (κ1) is 16.7. The van der Waals surface area contributed by atoms with E-state index in [4.69, 9.17) is 16.9 Å². The Kier molecular flexibility index (Phi) is 4.50. The lowest BCUT2D eigenvalue weighted by Crippen LogP contribution is -2.28. The second-order valence-corrected chi connectivity index (χ2v) is 5.91. The number of anilines is 1. The fourth-order valence-electron chi connectivity index (χ4n) is 2.49. The van der Waals surface area contributed by atoms with E-state index in [0.29, 0.717) is 22.2 Å². The van der Waals surface area contributed by atoms with E-state index in [0.717, 1.165) is 5.56 Å². The molecule has 1 aromatic heterocycles. The van der Waals surface area contributed by atoms with Crippen LogP contribution in [0.1, 0.15) is 11.1 Å². The summed E-state index contributed by atoms with van der Waals surface area (Å²) < 4.78 is 1.25. The molecular weight excluding hydrogens is 340 g/mol. The Hall–Kier alpha value is -3.17. The summed E-state index contributed by atoms with van der Waals surface area (Å²) in [6, 6.07) is 11.9. The number of aromatic nitrogens is 2. The van der Waals surface area contributed by atoms with Gasteiger partial charge in [0.25, 0.3) is 5.56 Å². The average molecular weight is 353 g/mol. The molecule has 1 heterocycles. The van der Waals surface area contributed by atoms with E-state index >= 15 is 0 Å². The van der Waals surface area contributed by atoms with E-state index < -0.39 is 5.91 Å². The third kappa shape index (κ3) is 3.37. The van der Waals surface area contributed by atoms with Crippen molar-refractivity contribution in [2.75, 3.05) is 5.32 Å². The van der Waals surface area contributed by atoms with Crippen LogP contribution in [-0.2, 0) is 11.3 Å². The van der Waals surface area contributed by atoms with Gasteiger partial charge in [0.1, 0.15) is 12.6 Å². The van der Waals surface area contributed by atoms with Crippen LogP contribution in [0.3, 0.4) is 0 Å². The standard InChI is InChI=1S/C18H13ClN4O2/c1-11-3-2-4-14-17(11)21-10-23(18(14)25)9-16(24)22-13-6-5-12(8-20)15(19)7-13/h2-7,10H,9H2,1H3,(H,22,24). The van der Waals surface area contributed by atoms with Gasteiger partial charge in [-0.25, -0.2) is 4.98 Å². The van der Waals surface area contributed by atoms with Crippen molar-refractivity contribution in [3.63, 3.8) is 0 Å². The number of nitrogens with zero attached hydrogens (tertiary/aromatic N) is 3. The van der Waals surface area contributed by atoms with Crippen molar-refractivity contribution in [3.05, 3.63) is 69.2 Å². The lowest BCUT2D eigenvalue weighted by molar-refractivity contribution is -0.116. The Balaban J connectivity index is 1.83. The average Bonchev–Trinajstić information content (AvgIpc) is 2.58. The lowest BCUT2D eigenvalue weighted by Gasteiger charge is -2.09. The minimum absolute atomic E-state index is 0.173. The predicted molar refractivity (Wildman–Crippen MR) is 95.5 cm³/mol. The number of hydrogen-bond donors (Lipinski definition) is 1. The van der Waals surface area contributed by atoms with Gasteiger partial charge in [-0.3, -0.25) is 14.2 Å². The topological polar surface area (TPSA) is 87.8 Å². The van der Waals surface area contributed by atoms with E-state index in [9.17, 15) is 9.59 Å². The zero-order chi connectivity index (χ0) is 18.0. The van der Waals surface area contributed by atoms with Crippen LogP contribution in [-0.4, -0.2) is 15.5 Å². The van der Waals surface area contributed by atoms with Crippen LogP contribution in [0, 0.1) is 18.3 Å². The molecule has 0 aliphatic heterocycles. The molecule has 0 unspecified atom stereocenters. The highest BCUT2D eigenvalue weighted by atomic mass is 35.5. The fourth-order valence-corrected chi connectivity index (χ4v) is 2.71. The van der Waals surface area contributed by atoms with Gasteiger partial charge in [0, 0.05) is 5.69 Å². The molecule has 7 heteroatoms. The number of carbonyl (C=O) groups excluding carboxylic acids is 1. The van der Waals surface area contributed by atoms with Crippen molar-refractivity contribution in [2.24, 2.45) is 0 Å². The van der Waals surface area contributed by atoms with Gasteiger partial charge in [-0.1, -0.05) is 23.7 Å². The van der Waals surface area contributed by atoms with Crippen molar-refractivity contribution >= 4 is 34.1 Å². The van der Waals surface area contributed by atoms with Gasteiger partial charge in [0.05, 0.1) is 27.8 Å². The number of benzene rings is 2. The number of carbonyl (C=O) groups is 1. The molecule has 0 saturated carbocycles. The summed E-state index contributed by atoms with van der Waals surface area (Å²) in [5.41, 5.74) is 2.03. The molecule has 0 aliphatic rings. The number of halogens is 1. The van der Waals surface area contributed by atoms with Crippen LogP contribution in [0.25, 0.3) is 10.9 Å². The van der Waals surface area contributed by atoms with E-state index in [-0.39, 0.29) is 17.1 Å². The molecule has 2 aromatic carbocycles. The molecule has 3 rings (SSSR count). The zero-order valence-corrected chi connectivity index (χ0v) is 14.0. The number of fused-ring (bicyclic) bond motifs is 1. The lowest BCUT2D eigenvalue weighted by atomic mass is 10.1. The smallest absolute Gasteiger partial charge is 0.261 e.